The Hall–Kier alpha value is -0.420. The molecule has 1 aromatic rings. The summed E-state index contributed by atoms with van der Waals surface area (Å²) in [5, 5.41) is 0. The van der Waals surface area contributed by atoms with Gasteiger partial charge in [0.05, 0.1) is 12.3 Å². The van der Waals surface area contributed by atoms with Gasteiger partial charge in [-0.25, -0.2) is 4.98 Å². The van der Waals surface area contributed by atoms with Crippen LogP contribution in [0.25, 0.3) is 0 Å². The van der Waals surface area contributed by atoms with Crippen molar-refractivity contribution in [1.82, 2.24) is 4.98 Å². The average Bonchev–Trinajstić information content (AvgIpc) is 2.57. The van der Waals surface area contributed by atoms with Gasteiger partial charge in [0.25, 0.3) is 0 Å². The van der Waals surface area contributed by atoms with E-state index in [0.717, 1.165) is 28.9 Å². The van der Waals surface area contributed by atoms with Gasteiger partial charge in [-0.05, 0) is 42.1 Å². The molecule has 0 unspecified atom stereocenters. The molecule has 1 aliphatic carbocycles. The predicted octanol–water partition coefficient (Wildman–Crippen LogP) is 2.89. The summed E-state index contributed by atoms with van der Waals surface area (Å²) in [4.78, 5) is 17.3. The third-order valence-electron chi connectivity index (χ3n) is 2.50. The fourth-order valence-electron chi connectivity index (χ4n) is 1.86. The molecule has 82 valence electrons. The Kier molecular flexibility index (Phi) is 3.41. The Morgan fingerprint density at radius 1 is 1.73 bits per heavy atom. The van der Waals surface area contributed by atoms with Gasteiger partial charge in [0.15, 0.2) is 3.92 Å². The van der Waals surface area contributed by atoms with Crippen LogP contribution >= 0.6 is 27.3 Å². The van der Waals surface area contributed by atoms with Gasteiger partial charge in [-0.3, -0.25) is 4.79 Å². The molecular weight excluding hydrogens is 278 g/mol. The minimum absolute atomic E-state index is 0.128. The maximum atomic E-state index is 11.7. The molecule has 15 heavy (non-hydrogen) atoms. The molecule has 0 aliphatic heterocycles. The van der Waals surface area contributed by atoms with Gasteiger partial charge in [0, 0.05) is 4.88 Å². The number of fused-ring (bicyclic) bond motifs is 1. The lowest BCUT2D eigenvalue weighted by atomic mass is 9.91. The van der Waals surface area contributed by atoms with Crippen molar-refractivity contribution in [3.63, 3.8) is 0 Å². The molecule has 2 rings (SSSR count). The van der Waals surface area contributed by atoms with E-state index in [1.165, 1.54) is 4.88 Å². The molecule has 1 atom stereocenters. The maximum Gasteiger partial charge on any atom is 0.315 e. The van der Waals surface area contributed by atoms with E-state index in [1.807, 2.05) is 6.92 Å². The molecule has 1 aromatic heterocycles. The largest absolute Gasteiger partial charge is 0.465 e. The van der Waals surface area contributed by atoms with E-state index in [2.05, 4.69) is 20.9 Å². The first-order chi connectivity index (χ1) is 7.22. The number of halogens is 1. The van der Waals surface area contributed by atoms with Crippen LogP contribution in [-0.2, 0) is 16.0 Å². The van der Waals surface area contributed by atoms with Crippen molar-refractivity contribution in [1.29, 1.82) is 0 Å². The highest BCUT2D eigenvalue weighted by atomic mass is 79.9. The zero-order chi connectivity index (χ0) is 10.8. The van der Waals surface area contributed by atoms with Crippen LogP contribution in [0, 0.1) is 0 Å². The number of thiazole rings is 1. The van der Waals surface area contributed by atoms with Crippen LogP contribution in [0.1, 0.15) is 36.3 Å². The lowest BCUT2D eigenvalue weighted by molar-refractivity contribution is -0.145. The van der Waals surface area contributed by atoms with Crippen LogP contribution in [0.4, 0.5) is 0 Å². The second kappa shape index (κ2) is 4.61. The lowest BCUT2D eigenvalue weighted by Gasteiger charge is -2.19. The SMILES string of the molecule is CCOC(=O)[C@H]1CCCc2sc(Br)nc21. The van der Waals surface area contributed by atoms with Crippen molar-refractivity contribution < 1.29 is 9.53 Å². The number of esters is 1. The summed E-state index contributed by atoms with van der Waals surface area (Å²) in [6.45, 7) is 2.27. The maximum absolute atomic E-state index is 11.7. The van der Waals surface area contributed by atoms with Crippen molar-refractivity contribution >= 4 is 33.2 Å². The Balaban J connectivity index is 2.25. The van der Waals surface area contributed by atoms with Crippen molar-refractivity contribution in [2.24, 2.45) is 0 Å². The highest BCUT2D eigenvalue weighted by Crippen LogP contribution is 2.37. The molecule has 0 bridgehead atoms. The summed E-state index contributed by atoms with van der Waals surface area (Å²) in [5.74, 6) is -0.271. The summed E-state index contributed by atoms with van der Waals surface area (Å²) in [5.41, 5.74) is 0.927. The Bertz CT molecular complexity index is 377. The number of aromatic nitrogens is 1. The highest BCUT2D eigenvalue weighted by Gasteiger charge is 2.30. The predicted molar refractivity (Wildman–Crippen MR) is 62.1 cm³/mol. The second-order valence-corrected chi connectivity index (χ2v) is 5.83. The first-order valence-corrected chi connectivity index (χ1v) is 6.65. The Morgan fingerprint density at radius 2 is 2.53 bits per heavy atom. The minimum atomic E-state index is -0.142. The monoisotopic (exact) mass is 289 g/mol. The molecular formula is C10H12BrNO2S. The molecule has 0 N–H and O–H groups in total. The van der Waals surface area contributed by atoms with Crippen LogP contribution in [-0.4, -0.2) is 17.6 Å². The van der Waals surface area contributed by atoms with E-state index < -0.39 is 0 Å². The molecule has 0 aromatic carbocycles. The Morgan fingerprint density at radius 3 is 3.27 bits per heavy atom. The third-order valence-corrected chi connectivity index (χ3v) is 4.08. The van der Waals surface area contributed by atoms with Gasteiger partial charge in [-0.1, -0.05) is 0 Å². The van der Waals surface area contributed by atoms with Crippen LogP contribution in [0.15, 0.2) is 3.92 Å². The van der Waals surface area contributed by atoms with Gasteiger partial charge in [-0.2, -0.15) is 0 Å². The molecule has 5 heteroatoms. The van der Waals surface area contributed by atoms with E-state index in [0.29, 0.717) is 6.61 Å². The van der Waals surface area contributed by atoms with Crippen molar-refractivity contribution in [3.8, 4) is 0 Å². The highest BCUT2D eigenvalue weighted by molar-refractivity contribution is 9.11. The third kappa shape index (κ3) is 2.23. The van der Waals surface area contributed by atoms with E-state index in [9.17, 15) is 4.79 Å². The number of aryl methyl sites for hydroxylation is 1. The number of hydrogen-bond donors (Lipinski definition) is 0. The van der Waals surface area contributed by atoms with Crippen LogP contribution in [0.5, 0.6) is 0 Å². The zero-order valence-electron chi connectivity index (χ0n) is 8.46. The molecule has 0 fully saturated rings. The summed E-state index contributed by atoms with van der Waals surface area (Å²) in [6.07, 6.45) is 2.95. The topological polar surface area (TPSA) is 39.2 Å². The first-order valence-electron chi connectivity index (χ1n) is 5.04. The van der Waals surface area contributed by atoms with Gasteiger partial charge < -0.3 is 4.74 Å². The quantitative estimate of drug-likeness (QED) is 0.786. The molecule has 1 heterocycles. The standard InChI is InChI=1S/C10H12BrNO2S/c1-2-14-9(13)6-4-3-5-7-8(6)12-10(11)15-7/h6H,2-5H2,1H3/t6-/m0/s1. The van der Waals surface area contributed by atoms with E-state index in [-0.39, 0.29) is 11.9 Å². The summed E-state index contributed by atoms with van der Waals surface area (Å²) < 4.78 is 5.92. The fraction of sp³-hybridized carbons (Fsp3) is 0.600. The number of carbonyl (C=O) groups is 1. The van der Waals surface area contributed by atoms with Gasteiger partial charge >= 0.3 is 5.97 Å². The van der Waals surface area contributed by atoms with Crippen LogP contribution in [0.3, 0.4) is 0 Å². The Labute approximate surface area is 101 Å². The summed E-state index contributed by atoms with van der Waals surface area (Å²) in [6, 6.07) is 0. The normalized spacial score (nSPS) is 19.7. The van der Waals surface area contributed by atoms with Crippen molar-refractivity contribution in [3.05, 3.63) is 14.5 Å². The van der Waals surface area contributed by atoms with Crippen LogP contribution < -0.4 is 0 Å². The van der Waals surface area contributed by atoms with Gasteiger partial charge in [0.1, 0.15) is 5.92 Å². The molecule has 0 radical (unpaired) electrons. The van der Waals surface area contributed by atoms with Gasteiger partial charge in [0.2, 0.25) is 0 Å². The molecule has 0 amide bonds. The molecule has 0 saturated carbocycles. The van der Waals surface area contributed by atoms with Gasteiger partial charge in [-0.15, -0.1) is 11.3 Å². The molecule has 0 saturated heterocycles. The van der Waals surface area contributed by atoms with E-state index in [4.69, 9.17) is 4.74 Å². The molecule has 0 spiro atoms. The number of carbonyl (C=O) groups excluding carboxylic acids is 1. The summed E-state index contributed by atoms with van der Waals surface area (Å²) in [7, 11) is 0. The zero-order valence-corrected chi connectivity index (χ0v) is 10.9. The summed E-state index contributed by atoms with van der Waals surface area (Å²) >= 11 is 4.99. The number of hydrogen-bond acceptors (Lipinski definition) is 4. The number of ether oxygens (including phenoxy) is 1. The lowest BCUT2D eigenvalue weighted by Crippen LogP contribution is -2.20. The van der Waals surface area contributed by atoms with Crippen molar-refractivity contribution in [2.45, 2.75) is 32.1 Å². The minimum Gasteiger partial charge on any atom is -0.465 e. The van der Waals surface area contributed by atoms with Crippen LogP contribution in [0.2, 0.25) is 0 Å². The van der Waals surface area contributed by atoms with Crippen molar-refractivity contribution in [2.75, 3.05) is 6.61 Å². The van der Waals surface area contributed by atoms with E-state index >= 15 is 0 Å². The molecule has 1 aliphatic rings. The smallest absolute Gasteiger partial charge is 0.315 e. The number of rotatable bonds is 2. The number of nitrogens with zero attached hydrogens (tertiary/aromatic N) is 1. The second-order valence-electron chi connectivity index (χ2n) is 3.47. The van der Waals surface area contributed by atoms with E-state index in [1.54, 1.807) is 11.3 Å². The average molecular weight is 290 g/mol. The fourth-order valence-corrected chi connectivity index (χ4v) is 3.52. The molecule has 3 nitrogen and oxygen atoms in total. The first kappa shape index (κ1) is 11.1.